The molecule has 0 aliphatic carbocycles. The number of nitrogens with two attached hydrogens (primary N) is 1. The maximum Gasteiger partial charge on any atom is 0.127 e. The SMILES string of the molecule is CCc1ccc(C(CN)N(C)c2cccc(C)c2)o1. The maximum atomic E-state index is 5.93. The van der Waals surface area contributed by atoms with Crippen molar-refractivity contribution in [3.05, 3.63) is 53.5 Å². The summed E-state index contributed by atoms with van der Waals surface area (Å²) in [4.78, 5) is 2.17. The Morgan fingerprint density at radius 2 is 2.05 bits per heavy atom. The summed E-state index contributed by atoms with van der Waals surface area (Å²) in [5.74, 6) is 1.94. The summed E-state index contributed by atoms with van der Waals surface area (Å²) in [6.45, 7) is 4.71. The Bertz CT molecular complexity index is 533. The zero-order valence-corrected chi connectivity index (χ0v) is 11.9. The first-order valence-corrected chi connectivity index (χ1v) is 6.74. The van der Waals surface area contributed by atoms with E-state index in [-0.39, 0.29) is 6.04 Å². The Morgan fingerprint density at radius 3 is 2.63 bits per heavy atom. The summed E-state index contributed by atoms with van der Waals surface area (Å²) in [6.07, 6.45) is 0.908. The molecule has 1 heterocycles. The molecule has 0 amide bonds. The van der Waals surface area contributed by atoms with Gasteiger partial charge >= 0.3 is 0 Å². The van der Waals surface area contributed by atoms with Gasteiger partial charge in [-0.25, -0.2) is 0 Å². The van der Waals surface area contributed by atoms with E-state index < -0.39 is 0 Å². The van der Waals surface area contributed by atoms with Crippen LogP contribution in [0.1, 0.15) is 30.0 Å². The van der Waals surface area contributed by atoms with E-state index in [1.54, 1.807) is 0 Å². The van der Waals surface area contributed by atoms with Gasteiger partial charge in [-0.15, -0.1) is 0 Å². The van der Waals surface area contributed by atoms with Crippen LogP contribution in [0.4, 0.5) is 5.69 Å². The van der Waals surface area contributed by atoms with Crippen molar-refractivity contribution in [1.29, 1.82) is 0 Å². The van der Waals surface area contributed by atoms with Crippen LogP contribution in [0.3, 0.4) is 0 Å². The topological polar surface area (TPSA) is 42.4 Å². The molecule has 0 saturated carbocycles. The van der Waals surface area contributed by atoms with Gasteiger partial charge in [0.1, 0.15) is 11.5 Å². The van der Waals surface area contributed by atoms with Crippen molar-refractivity contribution in [2.24, 2.45) is 5.73 Å². The van der Waals surface area contributed by atoms with Crippen LogP contribution in [0.5, 0.6) is 0 Å². The molecule has 0 saturated heterocycles. The standard InChI is InChI=1S/C16H22N2O/c1-4-14-8-9-16(19-14)15(11-17)18(3)13-7-5-6-12(2)10-13/h5-10,15H,4,11,17H2,1-3H3. The second-order valence-corrected chi connectivity index (χ2v) is 4.86. The van der Waals surface area contributed by atoms with Gasteiger partial charge in [0, 0.05) is 25.7 Å². The van der Waals surface area contributed by atoms with E-state index in [1.807, 2.05) is 12.1 Å². The van der Waals surface area contributed by atoms with Crippen molar-refractivity contribution < 1.29 is 4.42 Å². The zero-order valence-electron chi connectivity index (χ0n) is 11.9. The van der Waals surface area contributed by atoms with Crippen LogP contribution in [0, 0.1) is 6.92 Å². The van der Waals surface area contributed by atoms with Crippen LogP contribution in [-0.4, -0.2) is 13.6 Å². The Kier molecular flexibility index (Phi) is 4.27. The van der Waals surface area contributed by atoms with Crippen molar-refractivity contribution in [3.63, 3.8) is 0 Å². The van der Waals surface area contributed by atoms with Gasteiger partial charge in [-0.3, -0.25) is 0 Å². The number of benzene rings is 1. The monoisotopic (exact) mass is 258 g/mol. The van der Waals surface area contributed by atoms with Gasteiger partial charge in [-0.1, -0.05) is 19.1 Å². The minimum atomic E-state index is 0.0714. The molecule has 1 aromatic carbocycles. The summed E-state index contributed by atoms with van der Waals surface area (Å²) in [5.41, 5.74) is 8.33. The van der Waals surface area contributed by atoms with Crippen molar-refractivity contribution in [3.8, 4) is 0 Å². The van der Waals surface area contributed by atoms with Gasteiger partial charge in [0.15, 0.2) is 0 Å². The predicted molar refractivity (Wildman–Crippen MR) is 79.5 cm³/mol. The van der Waals surface area contributed by atoms with Crippen molar-refractivity contribution in [2.45, 2.75) is 26.3 Å². The van der Waals surface area contributed by atoms with Gasteiger partial charge in [-0.2, -0.15) is 0 Å². The van der Waals surface area contributed by atoms with Gasteiger partial charge < -0.3 is 15.1 Å². The Labute approximate surface area is 115 Å². The maximum absolute atomic E-state index is 5.93. The highest BCUT2D eigenvalue weighted by Gasteiger charge is 2.19. The highest BCUT2D eigenvalue weighted by molar-refractivity contribution is 5.49. The van der Waals surface area contributed by atoms with Gasteiger partial charge in [0.25, 0.3) is 0 Å². The van der Waals surface area contributed by atoms with Crippen molar-refractivity contribution in [2.75, 3.05) is 18.5 Å². The minimum Gasteiger partial charge on any atom is -0.464 e. The Morgan fingerprint density at radius 1 is 1.26 bits per heavy atom. The molecule has 2 N–H and O–H groups in total. The van der Waals surface area contributed by atoms with Gasteiger partial charge in [-0.05, 0) is 36.8 Å². The molecule has 3 heteroatoms. The third-order valence-electron chi connectivity index (χ3n) is 3.46. The molecule has 2 aromatic rings. The first-order valence-electron chi connectivity index (χ1n) is 6.74. The zero-order chi connectivity index (χ0) is 13.8. The Balaban J connectivity index is 2.26. The lowest BCUT2D eigenvalue weighted by atomic mass is 10.1. The van der Waals surface area contributed by atoms with Gasteiger partial charge in [0.05, 0.1) is 6.04 Å². The summed E-state index contributed by atoms with van der Waals surface area (Å²) < 4.78 is 5.84. The molecule has 0 spiro atoms. The summed E-state index contributed by atoms with van der Waals surface area (Å²) >= 11 is 0. The fourth-order valence-corrected chi connectivity index (χ4v) is 2.26. The first-order chi connectivity index (χ1) is 9.15. The first kappa shape index (κ1) is 13.7. The molecule has 1 atom stereocenters. The molecule has 19 heavy (non-hydrogen) atoms. The molecule has 102 valence electrons. The van der Waals surface area contributed by atoms with E-state index >= 15 is 0 Å². The van der Waals surface area contributed by atoms with Crippen LogP contribution in [-0.2, 0) is 6.42 Å². The second-order valence-electron chi connectivity index (χ2n) is 4.86. The minimum absolute atomic E-state index is 0.0714. The quantitative estimate of drug-likeness (QED) is 0.895. The lowest BCUT2D eigenvalue weighted by molar-refractivity contribution is 0.431. The smallest absolute Gasteiger partial charge is 0.127 e. The number of furan rings is 1. The highest BCUT2D eigenvalue weighted by Crippen LogP contribution is 2.26. The lowest BCUT2D eigenvalue weighted by Crippen LogP contribution is -2.30. The average molecular weight is 258 g/mol. The van der Waals surface area contributed by atoms with Crippen LogP contribution < -0.4 is 10.6 Å². The third-order valence-corrected chi connectivity index (χ3v) is 3.46. The number of hydrogen-bond donors (Lipinski definition) is 1. The normalized spacial score (nSPS) is 12.4. The number of anilines is 1. The molecule has 1 unspecified atom stereocenters. The van der Waals surface area contributed by atoms with Crippen LogP contribution in [0.15, 0.2) is 40.8 Å². The van der Waals surface area contributed by atoms with E-state index in [0.29, 0.717) is 6.54 Å². The van der Waals surface area contributed by atoms with Crippen LogP contribution >= 0.6 is 0 Å². The lowest BCUT2D eigenvalue weighted by Gasteiger charge is -2.27. The molecular weight excluding hydrogens is 236 g/mol. The largest absolute Gasteiger partial charge is 0.464 e. The van der Waals surface area contributed by atoms with Crippen LogP contribution in [0.2, 0.25) is 0 Å². The molecule has 0 fully saturated rings. The van der Waals surface area contributed by atoms with Crippen molar-refractivity contribution in [1.82, 2.24) is 0 Å². The molecule has 0 aliphatic rings. The van der Waals surface area contributed by atoms with E-state index in [2.05, 4.69) is 50.1 Å². The summed E-state index contributed by atoms with van der Waals surface area (Å²) in [6, 6.07) is 12.5. The van der Waals surface area contributed by atoms with Crippen molar-refractivity contribution >= 4 is 5.69 Å². The molecular formula is C16H22N2O. The summed E-state index contributed by atoms with van der Waals surface area (Å²) in [5, 5.41) is 0. The molecule has 0 bridgehead atoms. The van der Waals surface area contributed by atoms with E-state index in [0.717, 1.165) is 23.6 Å². The second kappa shape index (κ2) is 5.93. The van der Waals surface area contributed by atoms with Crippen LogP contribution in [0.25, 0.3) is 0 Å². The number of hydrogen-bond acceptors (Lipinski definition) is 3. The fourth-order valence-electron chi connectivity index (χ4n) is 2.26. The fraction of sp³-hybridized carbons (Fsp3) is 0.375. The number of aryl methyl sites for hydroxylation is 2. The highest BCUT2D eigenvalue weighted by atomic mass is 16.3. The van der Waals surface area contributed by atoms with Gasteiger partial charge in [0.2, 0.25) is 0 Å². The summed E-state index contributed by atoms with van der Waals surface area (Å²) in [7, 11) is 2.06. The van der Waals surface area contributed by atoms with E-state index in [4.69, 9.17) is 10.2 Å². The van der Waals surface area contributed by atoms with E-state index in [9.17, 15) is 0 Å². The molecule has 2 rings (SSSR count). The number of rotatable bonds is 5. The predicted octanol–water partition coefficient (Wildman–Crippen LogP) is 3.29. The average Bonchev–Trinajstić information content (AvgIpc) is 2.88. The van der Waals surface area contributed by atoms with E-state index in [1.165, 1.54) is 5.56 Å². The number of likely N-dealkylation sites (N-methyl/N-ethyl adjacent to an activating group) is 1. The molecule has 0 aliphatic heterocycles. The third kappa shape index (κ3) is 2.99. The molecule has 1 aromatic heterocycles. The number of nitrogens with zero attached hydrogens (tertiary/aromatic N) is 1. The molecule has 3 nitrogen and oxygen atoms in total. The molecule has 0 radical (unpaired) electrons. The Hall–Kier alpha value is -1.74.